The molecule has 7 nitrogen and oxygen atoms in total. The zero-order chi connectivity index (χ0) is 19.3. The van der Waals surface area contributed by atoms with E-state index in [1.54, 1.807) is 10.9 Å². The first-order valence-electron chi connectivity index (χ1n) is 9.41. The van der Waals surface area contributed by atoms with E-state index in [-0.39, 0.29) is 6.03 Å². The van der Waals surface area contributed by atoms with Gasteiger partial charge in [-0.15, -0.1) is 0 Å². The highest BCUT2D eigenvalue weighted by molar-refractivity contribution is 5.91. The van der Waals surface area contributed by atoms with E-state index in [1.165, 1.54) is 12.8 Å². The maximum atomic E-state index is 12.4. The normalized spacial score (nSPS) is 13.2. The van der Waals surface area contributed by atoms with E-state index in [2.05, 4.69) is 20.7 Å². The molecule has 28 heavy (non-hydrogen) atoms. The first kappa shape index (κ1) is 18.0. The van der Waals surface area contributed by atoms with Crippen molar-refractivity contribution in [2.75, 3.05) is 11.9 Å². The lowest BCUT2D eigenvalue weighted by Gasteiger charge is -2.12. The highest BCUT2D eigenvalue weighted by Gasteiger charge is 2.22. The predicted octanol–water partition coefficient (Wildman–Crippen LogP) is 3.69. The van der Waals surface area contributed by atoms with Gasteiger partial charge in [0.05, 0.1) is 23.7 Å². The Kier molecular flexibility index (Phi) is 5.23. The maximum Gasteiger partial charge on any atom is 0.319 e. The summed E-state index contributed by atoms with van der Waals surface area (Å²) in [6.45, 7) is 3.03. The molecule has 0 atom stereocenters. The Morgan fingerprint density at radius 3 is 2.89 bits per heavy atom. The quantitative estimate of drug-likeness (QED) is 0.658. The summed E-state index contributed by atoms with van der Waals surface area (Å²) in [4.78, 5) is 16.6. The summed E-state index contributed by atoms with van der Waals surface area (Å²) >= 11 is 0. The van der Waals surface area contributed by atoms with Crippen LogP contribution in [0.15, 0.2) is 54.9 Å². The van der Waals surface area contributed by atoms with Gasteiger partial charge >= 0.3 is 6.03 Å². The van der Waals surface area contributed by atoms with Crippen LogP contribution in [0.2, 0.25) is 0 Å². The molecule has 144 valence electrons. The van der Waals surface area contributed by atoms with Crippen molar-refractivity contribution in [2.45, 2.75) is 26.3 Å². The molecule has 1 fully saturated rings. The molecule has 1 aliphatic carbocycles. The number of benzene rings is 1. The summed E-state index contributed by atoms with van der Waals surface area (Å²) in [5.74, 6) is 1.28. The van der Waals surface area contributed by atoms with Crippen molar-refractivity contribution in [3.05, 3.63) is 66.1 Å². The van der Waals surface area contributed by atoms with Gasteiger partial charge in [-0.25, -0.2) is 14.5 Å². The summed E-state index contributed by atoms with van der Waals surface area (Å²) < 4.78 is 7.44. The number of nitrogens with one attached hydrogen (secondary N) is 2. The van der Waals surface area contributed by atoms with Crippen LogP contribution >= 0.6 is 0 Å². The molecule has 2 amide bonds. The zero-order valence-electron chi connectivity index (χ0n) is 15.8. The van der Waals surface area contributed by atoms with Crippen molar-refractivity contribution in [1.29, 1.82) is 0 Å². The lowest BCUT2D eigenvalue weighted by Crippen LogP contribution is -2.28. The summed E-state index contributed by atoms with van der Waals surface area (Å²) in [5, 5.41) is 10.2. The van der Waals surface area contributed by atoms with E-state index in [4.69, 9.17) is 4.74 Å². The maximum absolute atomic E-state index is 12.4. The second kappa shape index (κ2) is 8.12. The van der Waals surface area contributed by atoms with Gasteiger partial charge in [0, 0.05) is 25.0 Å². The van der Waals surface area contributed by atoms with E-state index >= 15 is 0 Å². The van der Waals surface area contributed by atoms with Gasteiger partial charge in [0.1, 0.15) is 0 Å². The molecule has 0 saturated heterocycles. The third kappa shape index (κ3) is 4.68. The summed E-state index contributed by atoms with van der Waals surface area (Å²) in [5.41, 5.74) is 3.35. The van der Waals surface area contributed by atoms with E-state index in [0.29, 0.717) is 30.6 Å². The van der Waals surface area contributed by atoms with Crippen LogP contribution in [0, 0.1) is 12.8 Å². The Hall–Kier alpha value is -3.35. The molecule has 1 aliphatic rings. The minimum atomic E-state index is -0.284. The molecule has 1 saturated carbocycles. The minimum Gasteiger partial charge on any atom is -0.477 e. The third-order valence-corrected chi connectivity index (χ3v) is 4.54. The molecule has 7 heteroatoms. The molecule has 2 N–H and O–H groups in total. The summed E-state index contributed by atoms with van der Waals surface area (Å²) in [6, 6.07) is 12.9. The lowest BCUT2D eigenvalue weighted by molar-refractivity contribution is 0.251. The Morgan fingerprint density at radius 1 is 1.25 bits per heavy atom. The van der Waals surface area contributed by atoms with Crippen molar-refractivity contribution in [2.24, 2.45) is 5.92 Å². The number of hydrogen-bond donors (Lipinski definition) is 2. The van der Waals surface area contributed by atoms with Gasteiger partial charge in [-0.1, -0.05) is 12.1 Å². The number of aryl methyl sites for hydroxylation is 1. The van der Waals surface area contributed by atoms with Gasteiger partial charge in [0.15, 0.2) is 0 Å². The second-order valence-corrected chi connectivity index (χ2v) is 6.98. The van der Waals surface area contributed by atoms with Crippen LogP contribution in [0.4, 0.5) is 10.5 Å². The number of carbonyl (C=O) groups is 1. The van der Waals surface area contributed by atoms with E-state index in [0.717, 1.165) is 16.9 Å². The van der Waals surface area contributed by atoms with Crippen LogP contribution in [0.1, 0.15) is 24.1 Å². The lowest BCUT2D eigenvalue weighted by atomic mass is 10.2. The topological polar surface area (TPSA) is 81.1 Å². The number of ether oxygens (including phenoxy) is 1. The van der Waals surface area contributed by atoms with Crippen LogP contribution in [0.25, 0.3) is 5.69 Å². The number of para-hydroxylation sites is 2. The molecule has 2 aromatic heterocycles. The molecule has 3 aromatic rings. The molecule has 0 radical (unpaired) electrons. The highest BCUT2D eigenvalue weighted by atomic mass is 16.5. The predicted molar refractivity (Wildman–Crippen MR) is 107 cm³/mol. The standard InChI is InChI=1S/C21H23N5O2/c1-15-9-11-26(25-15)19-5-3-2-4-18(19)24-21(27)23-13-17-8-10-22-20(12-17)28-14-16-6-7-16/h2-5,8-12,16H,6-7,13-14H2,1H3,(H2,23,24,27). The molecule has 0 bridgehead atoms. The molecule has 0 aliphatic heterocycles. The number of aromatic nitrogens is 3. The van der Waals surface area contributed by atoms with E-state index in [9.17, 15) is 4.79 Å². The smallest absolute Gasteiger partial charge is 0.319 e. The Balaban J connectivity index is 1.35. The molecule has 1 aromatic carbocycles. The number of urea groups is 1. The van der Waals surface area contributed by atoms with Gasteiger partial charge in [-0.2, -0.15) is 5.10 Å². The number of pyridine rings is 1. The molecule has 2 heterocycles. The largest absolute Gasteiger partial charge is 0.477 e. The first-order valence-corrected chi connectivity index (χ1v) is 9.41. The van der Waals surface area contributed by atoms with Gasteiger partial charge < -0.3 is 15.4 Å². The minimum absolute atomic E-state index is 0.284. The number of amides is 2. The number of hydrogen-bond acceptors (Lipinski definition) is 4. The molecule has 0 unspecified atom stereocenters. The average Bonchev–Trinajstić information content (AvgIpc) is 3.44. The number of carbonyl (C=O) groups excluding carboxylic acids is 1. The van der Waals surface area contributed by atoms with E-state index in [1.807, 2.05) is 55.6 Å². The fraction of sp³-hybridized carbons (Fsp3) is 0.286. The van der Waals surface area contributed by atoms with Crippen LogP contribution in [-0.2, 0) is 6.54 Å². The monoisotopic (exact) mass is 377 g/mol. The molecule has 4 rings (SSSR count). The second-order valence-electron chi connectivity index (χ2n) is 6.98. The Bertz CT molecular complexity index is 965. The highest BCUT2D eigenvalue weighted by Crippen LogP contribution is 2.29. The van der Waals surface area contributed by atoms with E-state index < -0.39 is 0 Å². The van der Waals surface area contributed by atoms with Crippen LogP contribution in [0.3, 0.4) is 0 Å². The van der Waals surface area contributed by atoms with Crippen molar-refractivity contribution >= 4 is 11.7 Å². The number of anilines is 1. The SMILES string of the molecule is Cc1ccn(-c2ccccc2NC(=O)NCc2ccnc(OCC3CC3)c2)n1. The van der Waals surface area contributed by atoms with Crippen molar-refractivity contribution in [3.63, 3.8) is 0 Å². The fourth-order valence-electron chi connectivity index (χ4n) is 2.80. The van der Waals surface area contributed by atoms with Crippen LogP contribution in [0.5, 0.6) is 5.88 Å². The van der Waals surface area contributed by atoms with Crippen LogP contribution in [-0.4, -0.2) is 27.4 Å². The average molecular weight is 377 g/mol. The van der Waals surface area contributed by atoms with Gasteiger partial charge in [0.2, 0.25) is 5.88 Å². The number of nitrogens with zero attached hydrogens (tertiary/aromatic N) is 3. The summed E-state index contributed by atoms with van der Waals surface area (Å²) in [6.07, 6.45) is 6.04. The van der Waals surface area contributed by atoms with Crippen molar-refractivity contribution in [1.82, 2.24) is 20.1 Å². The fourth-order valence-corrected chi connectivity index (χ4v) is 2.80. The molecular weight excluding hydrogens is 354 g/mol. The Labute approximate surface area is 163 Å². The van der Waals surface area contributed by atoms with Crippen LogP contribution < -0.4 is 15.4 Å². The molecule has 0 spiro atoms. The third-order valence-electron chi connectivity index (χ3n) is 4.54. The summed E-state index contributed by atoms with van der Waals surface area (Å²) in [7, 11) is 0. The number of rotatable bonds is 7. The van der Waals surface area contributed by atoms with Gasteiger partial charge in [0.25, 0.3) is 0 Å². The van der Waals surface area contributed by atoms with Crippen molar-refractivity contribution < 1.29 is 9.53 Å². The molecular formula is C21H23N5O2. The zero-order valence-corrected chi connectivity index (χ0v) is 15.8. The van der Waals surface area contributed by atoms with Crippen molar-refractivity contribution in [3.8, 4) is 11.6 Å². The Morgan fingerprint density at radius 2 is 2.11 bits per heavy atom. The van der Waals surface area contributed by atoms with Gasteiger partial charge in [-0.3, -0.25) is 0 Å². The van der Waals surface area contributed by atoms with Gasteiger partial charge in [-0.05, 0) is 55.5 Å². The first-order chi connectivity index (χ1) is 13.7.